The number of pyridine rings is 1. The molecule has 6 heteroatoms. The average molecular weight is 357 g/mol. The van der Waals surface area contributed by atoms with E-state index in [4.69, 9.17) is 4.74 Å². The van der Waals surface area contributed by atoms with Crippen LogP contribution in [0.15, 0.2) is 42.6 Å². The van der Waals surface area contributed by atoms with Gasteiger partial charge in [0.25, 0.3) is 0 Å². The fourth-order valence-corrected chi connectivity index (χ4v) is 2.94. The van der Waals surface area contributed by atoms with E-state index in [9.17, 15) is 9.18 Å². The van der Waals surface area contributed by atoms with Crippen molar-refractivity contribution in [2.24, 2.45) is 0 Å². The lowest BCUT2D eigenvalue weighted by Crippen LogP contribution is -2.50. The third-order valence-electron chi connectivity index (χ3n) is 4.18. The Morgan fingerprint density at radius 2 is 1.73 bits per heavy atom. The molecule has 2 aromatic rings. The number of benzene rings is 1. The second kappa shape index (κ2) is 7.32. The summed E-state index contributed by atoms with van der Waals surface area (Å²) in [6.07, 6.45) is 1.46. The van der Waals surface area contributed by atoms with Crippen LogP contribution in [0, 0.1) is 5.82 Å². The minimum atomic E-state index is -0.493. The summed E-state index contributed by atoms with van der Waals surface area (Å²) in [7, 11) is 0. The van der Waals surface area contributed by atoms with Crippen molar-refractivity contribution in [3.63, 3.8) is 0 Å². The van der Waals surface area contributed by atoms with Crippen molar-refractivity contribution in [1.29, 1.82) is 0 Å². The molecule has 0 N–H and O–H groups in total. The lowest BCUT2D eigenvalue weighted by atomic mass is 10.1. The summed E-state index contributed by atoms with van der Waals surface area (Å²) in [5, 5.41) is 0. The Balaban J connectivity index is 1.72. The lowest BCUT2D eigenvalue weighted by Gasteiger charge is -2.37. The highest BCUT2D eigenvalue weighted by Gasteiger charge is 2.26. The van der Waals surface area contributed by atoms with Gasteiger partial charge in [-0.05, 0) is 57.2 Å². The van der Waals surface area contributed by atoms with E-state index in [1.165, 1.54) is 12.1 Å². The van der Waals surface area contributed by atoms with Crippen molar-refractivity contribution in [2.45, 2.75) is 26.4 Å². The van der Waals surface area contributed by atoms with Crippen LogP contribution in [0.3, 0.4) is 0 Å². The van der Waals surface area contributed by atoms with Crippen LogP contribution in [0.4, 0.5) is 14.9 Å². The topological polar surface area (TPSA) is 45.7 Å². The van der Waals surface area contributed by atoms with E-state index in [2.05, 4.69) is 9.88 Å². The molecule has 0 bridgehead atoms. The highest BCUT2D eigenvalue weighted by molar-refractivity contribution is 5.75. The van der Waals surface area contributed by atoms with Gasteiger partial charge in [-0.1, -0.05) is 0 Å². The number of ether oxygens (including phenoxy) is 1. The van der Waals surface area contributed by atoms with Crippen LogP contribution in [0.2, 0.25) is 0 Å². The van der Waals surface area contributed by atoms with Crippen molar-refractivity contribution in [3.8, 4) is 11.3 Å². The predicted octanol–water partition coefficient (Wildman–Crippen LogP) is 3.94. The van der Waals surface area contributed by atoms with Crippen molar-refractivity contribution < 1.29 is 13.9 Å². The van der Waals surface area contributed by atoms with Gasteiger partial charge in [0.1, 0.15) is 11.4 Å². The Bertz CT molecular complexity index is 763. The van der Waals surface area contributed by atoms with Gasteiger partial charge in [-0.2, -0.15) is 0 Å². The van der Waals surface area contributed by atoms with E-state index in [1.807, 2.05) is 32.9 Å². The minimum absolute atomic E-state index is 0.266. The maximum Gasteiger partial charge on any atom is 0.410 e. The number of rotatable bonds is 2. The summed E-state index contributed by atoms with van der Waals surface area (Å²) < 4.78 is 18.7. The van der Waals surface area contributed by atoms with Crippen molar-refractivity contribution >= 4 is 11.8 Å². The standard InChI is InChI=1S/C20H24FN3O2/c1-20(2,3)26-19(25)24-13-11-23(12-14-24)17-5-4-10-22-18(17)15-6-8-16(21)9-7-15/h4-10H,11-14H2,1-3H3. The maximum absolute atomic E-state index is 13.2. The third kappa shape index (κ3) is 4.31. The molecule has 1 saturated heterocycles. The summed E-state index contributed by atoms with van der Waals surface area (Å²) >= 11 is 0. The third-order valence-corrected chi connectivity index (χ3v) is 4.18. The molecule has 0 spiro atoms. The van der Waals surface area contributed by atoms with Gasteiger partial charge in [-0.25, -0.2) is 9.18 Å². The molecule has 0 saturated carbocycles. The summed E-state index contributed by atoms with van der Waals surface area (Å²) in [5.41, 5.74) is 2.19. The first-order valence-corrected chi connectivity index (χ1v) is 8.77. The highest BCUT2D eigenvalue weighted by atomic mass is 19.1. The van der Waals surface area contributed by atoms with Gasteiger partial charge >= 0.3 is 6.09 Å². The van der Waals surface area contributed by atoms with Crippen molar-refractivity contribution in [1.82, 2.24) is 9.88 Å². The molecule has 138 valence electrons. The SMILES string of the molecule is CC(C)(C)OC(=O)N1CCN(c2cccnc2-c2ccc(F)cc2)CC1. The quantitative estimate of drug-likeness (QED) is 0.817. The number of hydrogen-bond acceptors (Lipinski definition) is 4. The van der Waals surface area contributed by atoms with E-state index in [0.29, 0.717) is 26.2 Å². The first-order valence-electron chi connectivity index (χ1n) is 8.77. The zero-order chi connectivity index (χ0) is 18.7. The molecule has 0 aliphatic carbocycles. The summed E-state index contributed by atoms with van der Waals surface area (Å²) in [4.78, 5) is 20.6. The molecule has 0 radical (unpaired) electrons. The first-order chi connectivity index (χ1) is 12.3. The van der Waals surface area contributed by atoms with E-state index in [0.717, 1.165) is 16.9 Å². The Morgan fingerprint density at radius 3 is 2.35 bits per heavy atom. The molecule has 1 aromatic heterocycles. The molecule has 1 aliphatic heterocycles. The monoisotopic (exact) mass is 357 g/mol. The molecule has 0 unspecified atom stereocenters. The van der Waals surface area contributed by atoms with Gasteiger partial charge in [-0.15, -0.1) is 0 Å². The number of hydrogen-bond donors (Lipinski definition) is 0. The fraction of sp³-hybridized carbons (Fsp3) is 0.400. The van der Waals surface area contributed by atoms with Crippen molar-refractivity contribution in [2.75, 3.05) is 31.1 Å². The largest absolute Gasteiger partial charge is 0.444 e. The summed E-state index contributed by atoms with van der Waals surface area (Å²) in [6.45, 7) is 8.17. The van der Waals surface area contributed by atoms with E-state index < -0.39 is 5.60 Å². The zero-order valence-electron chi connectivity index (χ0n) is 15.4. The molecule has 5 nitrogen and oxygen atoms in total. The first kappa shape index (κ1) is 18.2. The Labute approximate surface area is 153 Å². The Kier molecular flexibility index (Phi) is 5.11. The van der Waals surface area contributed by atoms with Gasteiger partial charge < -0.3 is 14.5 Å². The van der Waals surface area contributed by atoms with Crippen LogP contribution in [-0.2, 0) is 4.74 Å². The Hall–Kier alpha value is -2.63. The van der Waals surface area contributed by atoms with Crippen molar-refractivity contribution in [3.05, 3.63) is 48.4 Å². The molecule has 1 aliphatic rings. The minimum Gasteiger partial charge on any atom is -0.444 e. The molecule has 1 aromatic carbocycles. The van der Waals surface area contributed by atoms with Crippen LogP contribution in [-0.4, -0.2) is 47.8 Å². The number of piperazine rings is 1. The number of carbonyl (C=O) groups excluding carboxylic acids is 1. The van der Waals surface area contributed by atoms with Crippen LogP contribution in [0.25, 0.3) is 11.3 Å². The van der Waals surface area contributed by atoms with Crippen LogP contribution >= 0.6 is 0 Å². The van der Waals surface area contributed by atoms with E-state index in [1.54, 1.807) is 23.2 Å². The van der Waals surface area contributed by atoms with Crippen LogP contribution in [0.5, 0.6) is 0 Å². The zero-order valence-corrected chi connectivity index (χ0v) is 15.4. The number of halogens is 1. The number of carbonyl (C=O) groups is 1. The summed E-state index contributed by atoms with van der Waals surface area (Å²) in [6, 6.07) is 10.2. The predicted molar refractivity (Wildman–Crippen MR) is 99.7 cm³/mol. The van der Waals surface area contributed by atoms with Gasteiger partial charge in [0.15, 0.2) is 0 Å². The van der Waals surface area contributed by atoms with Gasteiger partial charge in [-0.3, -0.25) is 4.98 Å². The second-order valence-corrected chi connectivity index (χ2v) is 7.33. The number of aromatic nitrogens is 1. The molecule has 1 fully saturated rings. The molecular weight excluding hydrogens is 333 g/mol. The normalized spacial score (nSPS) is 15.1. The van der Waals surface area contributed by atoms with E-state index in [-0.39, 0.29) is 11.9 Å². The van der Waals surface area contributed by atoms with Gasteiger partial charge in [0, 0.05) is 37.9 Å². The average Bonchev–Trinajstić information content (AvgIpc) is 2.61. The molecular formula is C20H24FN3O2. The van der Waals surface area contributed by atoms with Crippen LogP contribution < -0.4 is 4.90 Å². The van der Waals surface area contributed by atoms with Gasteiger partial charge in [0.2, 0.25) is 0 Å². The number of amides is 1. The molecule has 26 heavy (non-hydrogen) atoms. The summed E-state index contributed by atoms with van der Waals surface area (Å²) in [5.74, 6) is -0.266. The molecule has 3 rings (SSSR count). The Morgan fingerprint density at radius 1 is 1.08 bits per heavy atom. The number of anilines is 1. The smallest absolute Gasteiger partial charge is 0.410 e. The number of nitrogens with zero attached hydrogens (tertiary/aromatic N) is 3. The maximum atomic E-state index is 13.2. The molecule has 0 atom stereocenters. The lowest BCUT2D eigenvalue weighted by molar-refractivity contribution is 0.0240. The van der Waals surface area contributed by atoms with Crippen LogP contribution in [0.1, 0.15) is 20.8 Å². The second-order valence-electron chi connectivity index (χ2n) is 7.33. The highest BCUT2D eigenvalue weighted by Crippen LogP contribution is 2.29. The van der Waals surface area contributed by atoms with Gasteiger partial charge in [0.05, 0.1) is 11.4 Å². The molecule has 1 amide bonds. The molecule has 2 heterocycles. The fourth-order valence-electron chi connectivity index (χ4n) is 2.94. The van der Waals surface area contributed by atoms with E-state index >= 15 is 0 Å².